The van der Waals surface area contributed by atoms with E-state index in [9.17, 15) is 0 Å². The van der Waals surface area contributed by atoms with Crippen molar-refractivity contribution in [2.24, 2.45) is 7.05 Å². The van der Waals surface area contributed by atoms with E-state index in [0.717, 1.165) is 0 Å². The zero-order chi connectivity index (χ0) is 12.2. The molecule has 90 valence electrons. The summed E-state index contributed by atoms with van der Waals surface area (Å²) in [5.41, 5.74) is 5.87. The fourth-order valence-electron chi connectivity index (χ4n) is 3.12. The minimum atomic E-state index is 0.193. The highest BCUT2D eigenvalue weighted by molar-refractivity contribution is 5.87. The Hall–Kier alpha value is -1.31. The van der Waals surface area contributed by atoms with Crippen LogP contribution >= 0.6 is 0 Å². The Morgan fingerprint density at radius 3 is 2.71 bits per heavy atom. The second kappa shape index (κ2) is 3.34. The number of pyridine rings is 1. The van der Waals surface area contributed by atoms with E-state index in [1.165, 1.54) is 41.6 Å². The van der Waals surface area contributed by atoms with Crippen molar-refractivity contribution in [2.75, 3.05) is 0 Å². The lowest BCUT2D eigenvalue weighted by atomic mass is 9.84. The van der Waals surface area contributed by atoms with Gasteiger partial charge in [-0.3, -0.25) is 0 Å². The van der Waals surface area contributed by atoms with E-state index in [1.807, 2.05) is 6.20 Å². The summed E-state index contributed by atoms with van der Waals surface area (Å²) in [4.78, 5) is 4.58. The molecule has 2 aromatic heterocycles. The first-order valence-corrected chi connectivity index (χ1v) is 6.46. The number of hydrogen-bond donors (Lipinski definition) is 0. The second-order valence-corrected chi connectivity index (χ2v) is 6.14. The third-order valence-electron chi connectivity index (χ3n) is 3.95. The highest BCUT2D eigenvalue weighted by Gasteiger charge is 2.26. The van der Waals surface area contributed by atoms with Gasteiger partial charge in [0.1, 0.15) is 5.65 Å². The summed E-state index contributed by atoms with van der Waals surface area (Å²) in [5.74, 6) is 0. The van der Waals surface area contributed by atoms with Crippen LogP contribution < -0.4 is 0 Å². The Bertz CT molecular complexity index is 585. The quantitative estimate of drug-likeness (QED) is 0.676. The second-order valence-electron chi connectivity index (χ2n) is 6.14. The predicted octanol–water partition coefficient (Wildman–Crippen LogP) is 3.36. The third kappa shape index (κ3) is 1.43. The maximum absolute atomic E-state index is 4.58. The van der Waals surface area contributed by atoms with Crippen LogP contribution in [0, 0.1) is 0 Å². The molecule has 0 N–H and O–H groups in total. The van der Waals surface area contributed by atoms with Crippen molar-refractivity contribution in [1.82, 2.24) is 9.55 Å². The Morgan fingerprint density at radius 1 is 1.24 bits per heavy atom. The molecule has 0 atom stereocenters. The van der Waals surface area contributed by atoms with Gasteiger partial charge < -0.3 is 4.57 Å². The van der Waals surface area contributed by atoms with Gasteiger partial charge in [-0.25, -0.2) is 4.98 Å². The first-order chi connectivity index (χ1) is 8.00. The van der Waals surface area contributed by atoms with Crippen LogP contribution in [0.15, 0.2) is 12.3 Å². The average molecular weight is 228 g/mol. The van der Waals surface area contributed by atoms with Crippen molar-refractivity contribution in [1.29, 1.82) is 0 Å². The molecule has 3 rings (SSSR count). The number of hydrogen-bond acceptors (Lipinski definition) is 1. The van der Waals surface area contributed by atoms with Crippen molar-refractivity contribution in [3.8, 4) is 0 Å². The fraction of sp³-hybridized carbons (Fsp3) is 0.533. The highest BCUT2D eigenvalue weighted by atomic mass is 15.0. The Morgan fingerprint density at radius 2 is 2.00 bits per heavy atom. The molecule has 2 heterocycles. The van der Waals surface area contributed by atoms with Gasteiger partial charge in [0.05, 0.1) is 0 Å². The zero-order valence-corrected chi connectivity index (χ0v) is 11.2. The van der Waals surface area contributed by atoms with Gasteiger partial charge >= 0.3 is 0 Å². The van der Waals surface area contributed by atoms with Gasteiger partial charge in [0, 0.05) is 24.3 Å². The van der Waals surface area contributed by atoms with Crippen LogP contribution in [0.4, 0.5) is 0 Å². The Kier molecular flexibility index (Phi) is 2.13. The molecule has 0 unspecified atom stereocenters. The lowest BCUT2D eigenvalue weighted by molar-refractivity contribution is 0.595. The lowest BCUT2D eigenvalue weighted by Gasteiger charge is -2.20. The van der Waals surface area contributed by atoms with Gasteiger partial charge in [0.2, 0.25) is 0 Å². The molecule has 0 radical (unpaired) electrons. The highest BCUT2D eigenvalue weighted by Crippen LogP contribution is 2.37. The summed E-state index contributed by atoms with van der Waals surface area (Å²) < 4.78 is 2.30. The van der Waals surface area contributed by atoms with E-state index >= 15 is 0 Å². The summed E-state index contributed by atoms with van der Waals surface area (Å²) in [6, 6.07) is 2.20. The molecular formula is C15H20N2. The number of nitrogens with zero attached hydrogens (tertiary/aromatic N) is 2. The largest absolute Gasteiger partial charge is 0.332 e. The molecule has 1 aliphatic carbocycles. The van der Waals surface area contributed by atoms with Crippen LogP contribution in [-0.2, 0) is 25.3 Å². The van der Waals surface area contributed by atoms with Crippen molar-refractivity contribution >= 4 is 11.0 Å². The summed E-state index contributed by atoms with van der Waals surface area (Å²) in [5, 5.41) is 1.43. The Balaban J connectivity index is 2.43. The molecule has 0 spiro atoms. The molecule has 0 amide bonds. The number of fused-ring (bicyclic) bond motifs is 3. The van der Waals surface area contributed by atoms with Crippen LogP contribution in [0.3, 0.4) is 0 Å². The molecule has 2 aromatic rings. The van der Waals surface area contributed by atoms with Gasteiger partial charge in [-0.15, -0.1) is 0 Å². The lowest BCUT2D eigenvalue weighted by Crippen LogP contribution is -2.12. The van der Waals surface area contributed by atoms with E-state index in [2.05, 4.69) is 43.4 Å². The molecule has 17 heavy (non-hydrogen) atoms. The Labute approximate surface area is 103 Å². The predicted molar refractivity (Wildman–Crippen MR) is 71.4 cm³/mol. The minimum Gasteiger partial charge on any atom is -0.332 e. The maximum atomic E-state index is 4.58. The fourth-order valence-corrected chi connectivity index (χ4v) is 3.12. The van der Waals surface area contributed by atoms with Crippen molar-refractivity contribution in [3.63, 3.8) is 0 Å². The van der Waals surface area contributed by atoms with E-state index in [0.29, 0.717) is 0 Å². The summed E-state index contributed by atoms with van der Waals surface area (Å²) in [7, 11) is 2.16. The molecule has 0 fully saturated rings. The van der Waals surface area contributed by atoms with Gasteiger partial charge in [-0.1, -0.05) is 20.8 Å². The van der Waals surface area contributed by atoms with E-state index in [4.69, 9.17) is 0 Å². The number of rotatable bonds is 0. The molecule has 1 aliphatic rings. The topological polar surface area (TPSA) is 17.8 Å². The number of aryl methyl sites for hydroxylation is 2. The number of aromatic nitrogens is 2. The summed E-state index contributed by atoms with van der Waals surface area (Å²) in [6.07, 6.45) is 5.69. The molecular weight excluding hydrogens is 208 g/mol. The molecule has 0 saturated carbocycles. The molecule has 0 bridgehead atoms. The van der Waals surface area contributed by atoms with Gasteiger partial charge in [-0.2, -0.15) is 0 Å². The maximum Gasteiger partial charge on any atom is 0.140 e. The van der Waals surface area contributed by atoms with Crippen LogP contribution in [-0.4, -0.2) is 9.55 Å². The summed E-state index contributed by atoms with van der Waals surface area (Å²) in [6.45, 7) is 6.86. The first kappa shape index (κ1) is 10.8. The summed E-state index contributed by atoms with van der Waals surface area (Å²) >= 11 is 0. The first-order valence-electron chi connectivity index (χ1n) is 6.46. The van der Waals surface area contributed by atoms with Crippen molar-refractivity contribution in [2.45, 2.75) is 45.4 Å². The smallest absolute Gasteiger partial charge is 0.140 e. The van der Waals surface area contributed by atoms with Crippen LogP contribution in [0.5, 0.6) is 0 Å². The van der Waals surface area contributed by atoms with E-state index < -0.39 is 0 Å². The van der Waals surface area contributed by atoms with Gasteiger partial charge in [-0.05, 0) is 41.9 Å². The standard InChI is InChI=1S/C15H20N2/c1-15(2,3)11-8-9-16-14-13(11)10-6-5-7-12(10)17(14)4/h8-9H,5-7H2,1-4H3. The SMILES string of the molecule is Cn1c2c(c3c(C(C)(C)C)ccnc31)CCC2. The third-order valence-corrected chi connectivity index (χ3v) is 3.95. The molecule has 0 saturated heterocycles. The van der Waals surface area contributed by atoms with Gasteiger partial charge in [0.25, 0.3) is 0 Å². The van der Waals surface area contributed by atoms with Crippen LogP contribution in [0.1, 0.15) is 44.0 Å². The minimum absolute atomic E-state index is 0.193. The van der Waals surface area contributed by atoms with Crippen LogP contribution in [0.2, 0.25) is 0 Å². The molecule has 2 nitrogen and oxygen atoms in total. The van der Waals surface area contributed by atoms with Crippen LogP contribution in [0.25, 0.3) is 11.0 Å². The van der Waals surface area contributed by atoms with E-state index in [-0.39, 0.29) is 5.41 Å². The average Bonchev–Trinajstić information content (AvgIpc) is 2.82. The van der Waals surface area contributed by atoms with Crippen molar-refractivity contribution in [3.05, 3.63) is 29.1 Å². The monoisotopic (exact) mass is 228 g/mol. The molecule has 2 heteroatoms. The zero-order valence-electron chi connectivity index (χ0n) is 11.2. The normalized spacial score (nSPS) is 15.5. The van der Waals surface area contributed by atoms with E-state index in [1.54, 1.807) is 5.56 Å². The van der Waals surface area contributed by atoms with Crippen molar-refractivity contribution < 1.29 is 0 Å². The molecule has 0 aromatic carbocycles. The van der Waals surface area contributed by atoms with Gasteiger partial charge in [0.15, 0.2) is 0 Å². The molecule has 0 aliphatic heterocycles.